The summed E-state index contributed by atoms with van der Waals surface area (Å²) in [6, 6.07) is 5.47. The molecule has 7 nitrogen and oxygen atoms in total. The summed E-state index contributed by atoms with van der Waals surface area (Å²) in [5, 5.41) is 8.25. The summed E-state index contributed by atoms with van der Waals surface area (Å²) in [5.74, 6) is 0.596. The molecule has 7 heteroatoms. The lowest BCUT2D eigenvalue weighted by Crippen LogP contribution is -2.36. The van der Waals surface area contributed by atoms with Gasteiger partial charge in [0.15, 0.2) is 0 Å². The minimum absolute atomic E-state index is 0.0645. The van der Waals surface area contributed by atoms with Crippen LogP contribution in [0.5, 0.6) is 0 Å². The van der Waals surface area contributed by atoms with Crippen molar-refractivity contribution in [3.63, 3.8) is 0 Å². The van der Waals surface area contributed by atoms with Crippen molar-refractivity contribution in [2.24, 2.45) is 0 Å². The van der Waals surface area contributed by atoms with Crippen LogP contribution < -0.4 is 10.4 Å². The lowest BCUT2D eigenvalue weighted by atomic mass is 10.0. The second-order valence-corrected chi connectivity index (χ2v) is 8.04. The van der Waals surface area contributed by atoms with Crippen molar-refractivity contribution < 1.29 is 9.59 Å². The highest BCUT2D eigenvalue weighted by Crippen LogP contribution is 2.31. The molecule has 0 atom stereocenters. The first-order valence-electron chi connectivity index (χ1n) is 10.5. The number of nitrogens with one attached hydrogen (secondary N) is 1. The van der Waals surface area contributed by atoms with Gasteiger partial charge in [-0.15, -0.1) is 0 Å². The summed E-state index contributed by atoms with van der Waals surface area (Å²) >= 11 is 0. The third-order valence-electron chi connectivity index (χ3n) is 5.75. The largest absolute Gasteiger partial charge is 0.339 e. The van der Waals surface area contributed by atoms with Gasteiger partial charge >= 0.3 is 0 Å². The standard InChI is InChI=1S/C23H27N5O2/c1-16(2)22(29)28-12-8-19(14-20(28)24)27-11-6-7-17-13-18(15-25-21(17)27)23(30)26-9-4-3-5-10-26/h8,12-15,24H,1,3-7,9-11H2,2H3. The highest BCUT2D eigenvalue weighted by Gasteiger charge is 2.24. The molecule has 2 aromatic rings. The number of amides is 1. The topological polar surface area (TPSA) is 82.3 Å². The van der Waals surface area contributed by atoms with Gasteiger partial charge in [0, 0.05) is 49.4 Å². The number of rotatable bonds is 3. The van der Waals surface area contributed by atoms with Gasteiger partial charge in [-0.1, -0.05) is 6.58 Å². The van der Waals surface area contributed by atoms with Crippen LogP contribution in [0, 0.1) is 5.41 Å². The van der Waals surface area contributed by atoms with Crippen LogP contribution in [-0.4, -0.2) is 45.9 Å². The van der Waals surface area contributed by atoms with Gasteiger partial charge in [0.25, 0.3) is 11.8 Å². The molecule has 0 radical (unpaired) electrons. The maximum Gasteiger partial charge on any atom is 0.258 e. The summed E-state index contributed by atoms with van der Waals surface area (Å²) in [4.78, 5) is 33.6. The maximum absolute atomic E-state index is 12.8. The van der Waals surface area contributed by atoms with Crippen molar-refractivity contribution in [2.45, 2.75) is 39.0 Å². The first-order chi connectivity index (χ1) is 14.5. The quantitative estimate of drug-likeness (QED) is 0.795. The van der Waals surface area contributed by atoms with Gasteiger partial charge in [0.2, 0.25) is 0 Å². The van der Waals surface area contributed by atoms with Crippen LogP contribution in [0.15, 0.2) is 42.7 Å². The SMILES string of the molecule is C=C(C)C(=O)n1ccc(N2CCCc3cc(C(=O)N4CCCCC4)cnc32)cc1=N. The van der Waals surface area contributed by atoms with Crippen LogP contribution in [0.1, 0.15) is 53.3 Å². The molecule has 1 N–H and O–H groups in total. The van der Waals surface area contributed by atoms with Crippen LogP contribution in [0.2, 0.25) is 0 Å². The summed E-state index contributed by atoms with van der Waals surface area (Å²) in [5.41, 5.74) is 3.00. The molecule has 30 heavy (non-hydrogen) atoms. The number of likely N-dealkylation sites (tertiary alicyclic amines) is 1. The van der Waals surface area contributed by atoms with E-state index in [2.05, 4.69) is 16.5 Å². The number of piperidine rings is 1. The Hall–Kier alpha value is -3.22. The number of fused-ring (bicyclic) bond motifs is 1. The molecule has 0 bridgehead atoms. The second kappa shape index (κ2) is 8.26. The highest BCUT2D eigenvalue weighted by atomic mass is 16.2. The number of hydrogen-bond acceptors (Lipinski definition) is 5. The van der Waals surface area contributed by atoms with Gasteiger partial charge in [0.05, 0.1) is 5.56 Å². The van der Waals surface area contributed by atoms with Crippen molar-refractivity contribution in [1.29, 1.82) is 5.41 Å². The zero-order valence-electron chi connectivity index (χ0n) is 17.4. The minimum atomic E-state index is -0.287. The highest BCUT2D eigenvalue weighted by molar-refractivity contribution is 5.95. The lowest BCUT2D eigenvalue weighted by molar-refractivity contribution is 0.0723. The number of carbonyl (C=O) groups is 2. The van der Waals surface area contributed by atoms with Gasteiger partial charge in [-0.05, 0) is 56.7 Å². The summed E-state index contributed by atoms with van der Waals surface area (Å²) < 4.78 is 1.28. The van der Waals surface area contributed by atoms with E-state index in [0.717, 1.165) is 62.4 Å². The van der Waals surface area contributed by atoms with Crippen molar-refractivity contribution in [3.05, 3.63) is 59.4 Å². The van der Waals surface area contributed by atoms with E-state index in [0.29, 0.717) is 11.1 Å². The third-order valence-corrected chi connectivity index (χ3v) is 5.75. The smallest absolute Gasteiger partial charge is 0.258 e. The number of nitrogens with zero attached hydrogens (tertiary/aromatic N) is 4. The van der Waals surface area contributed by atoms with Crippen LogP contribution >= 0.6 is 0 Å². The van der Waals surface area contributed by atoms with E-state index in [-0.39, 0.29) is 17.3 Å². The van der Waals surface area contributed by atoms with E-state index in [1.807, 2.05) is 17.0 Å². The predicted molar refractivity (Wildman–Crippen MR) is 115 cm³/mol. The molecular formula is C23H27N5O2. The summed E-state index contributed by atoms with van der Waals surface area (Å²) in [7, 11) is 0. The predicted octanol–water partition coefficient (Wildman–Crippen LogP) is 3.29. The third kappa shape index (κ3) is 3.79. The Kier molecular flexibility index (Phi) is 5.53. The van der Waals surface area contributed by atoms with Crippen molar-refractivity contribution in [1.82, 2.24) is 14.5 Å². The molecule has 0 unspecified atom stereocenters. The Labute approximate surface area is 176 Å². The number of aromatic nitrogens is 2. The van der Waals surface area contributed by atoms with Gasteiger partial charge in [-0.2, -0.15) is 0 Å². The molecular weight excluding hydrogens is 378 g/mol. The van der Waals surface area contributed by atoms with Crippen LogP contribution in [-0.2, 0) is 6.42 Å². The number of hydrogen-bond donors (Lipinski definition) is 1. The molecule has 1 fully saturated rings. The van der Waals surface area contributed by atoms with Crippen molar-refractivity contribution in [3.8, 4) is 0 Å². The number of aryl methyl sites for hydroxylation is 1. The Morgan fingerprint density at radius 2 is 1.87 bits per heavy atom. The normalized spacial score (nSPS) is 16.2. The maximum atomic E-state index is 12.8. The zero-order valence-corrected chi connectivity index (χ0v) is 17.4. The number of allylic oxidation sites excluding steroid dienone is 1. The average molecular weight is 406 g/mol. The van der Waals surface area contributed by atoms with E-state index in [1.54, 1.807) is 25.4 Å². The van der Waals surface area contributed by atoms with E-state index >= 15 is 0 Å². The van der Waals surface area contributed by atoms with E-state index in [1.165, 1.54) is 11.0 Å². The molecule has 156 valence electrons. The molecule has 0 saturated carbocycles. The minimum Gasteiger partial charge on any atom is -0.339 e. The van der Waals surface area contributed by atoms with Crippen LogP contribution in [0.25, 0.3) is 0 Å². The Bertz CT molecular complexity index is 1070. The number of carbonyl (C=O) groups excluding carboxylic acids is 2. The zero-order chi connectivity index (χ0) is 21.3. The molecule has 0 aliphatic carbocycles. The second-order valence-electron chi connectivity index (χ2n) is 8.04. The Morgan fingerprint density at radius 3 is 2.57 bits per heavy atom. The van der Waals surface area contributed by atoms with Crippen LogP contribution in [0.3, 0.4) is 0 Å². The van der Waals surface area contributed by atoms with Crippen molar-refractivity contribution in [2.75, 3.05) is 24.5 Å². The van der Waals surface area contributed by atoms with Crippen LogP contribution in [0.4, 0.5) is 11.5 Å². The molecule has 0 aromatic carbocycles. The average Bonchev–Trinajstić information content (AvgIpc) is 2.77. The summed E-state index contributed by atoms with van der Waals surface area (Å²) in [6.45, 7) is 7.72. The Balaban J connectivity index is 1.62. The van der Waals surface area contributed by atoms with Gasteiger partial charge in [0.1, 0.15) is 11.3 Å². The Morgan fingerprint density at radius 1 is 1.10 bits per heavy atom. The molecule has 2 aliphatic rings. The molecule has 2 aromatic heterocycles. The monoisotopic (exact) mass is 405 g/mol. The summed E-state index contributed by atoms with van der Waals surface area (Å²) in [6.07, 6.45) is 8.40. The van der Waals surface area contributed by atoms with E-state index in [4.69, 9.17) is 5.41 Å². The van der Waals surface area contributed by atoms with Gasteiger partial charge in [-0.25, -0.2) is 4.98 Å². The molecule has 1 saturated heterocycles. The molecule has 0 spiro atoms. The first kappa shape index (κ1) is 20.1. The number of pyridine rings is 2. The fourth-order valence-electron chi connectivity index (χ4n) is 4.15. The fourth-order valence-corrected chi connectivity index (χ4v) is 4.15. The molecule has 1 amide bonds. The van der Waals surface area contributed by atoms with Gasteiger partial charge < -0.3 is 9.80 Å². The molecule has 4 rings (SSSR count). The lowest BCUT2D eigenvalue weighted by Gasteiger charge is -2.31. The first-order valence-corrected chi connectivity index (χ1v) is 10.5. The van der Waals surface area contributed by atoms with Crippen molar-refractivity contribution >= 4 is 23.3 Å². The van der Waals surface area contributed by atoms with E-state index < -0.39 is 0 Å². The van der Waals surface area contributed by atoms with E-state index in [9.17, 15) is 9.59 Å². The number of anilines is 2. The van der Waals surface area contributed by atoms with Gasteiger partial charge in [-0.3, -0.25) is 19.6 Å². The molecule has 4 heterocycles. The molecule has 2 aliphatic heterocycles. The fraction of sp³-hybridized carbons (Fsp3) is 0.391.